The molecule has 0 saturated heterocycles. The van der Waals surface area contributed by atoms with Gasteiger partial charge in [-0.2, -0.15) is 0 Å². The molecule has 0 bridgehead atoms. The number of halogens is 3. The molecule has 2 rings (SSSR count). The molecule has 0 heterocycles. The quantitative estimate of drug-likeness (QED) is 0.856. The maximum Gasteiger partial charge on any atom is 0.260 e. The second-order valence-electron chi connectivity index (χ2n) is 4.01. The van der Waals surface area contributed by atoms with Crippen molar-refractivity contribution >= 4 is 34.8 Å². The molecule has 98 valence electrons. The molecule has 0 atom stereocenters. The first-order valence-corrected chi connectivity index (χ1v) is 6.26. The highest BCUT2D eigenvalue weighted by molar-refractivity contribution is 6.34. The first kappa shape index (κ1) is 13.8. The summed E-state index contributed by atoms with van der Waals surface area (Å²) in [7, 11) is 0. The van der Waals surface area contributed by atoms with E-state index in [-0.39, 0.29) is 10.6 Å². The third-order valence-electron chi connectivity index (χ3n) is 2.63. The van der Waals surface area contributed by atoms with Crippen LogP contribution in [0.4, 0.5) is 10.1 Å². The third kappa shape index (κ3) is 3.06. The Morgan fingerprint density at radius 3 is 2.58 bits per heavy atom. The first-order chi connectivity index (χ1) is 8.99. The lowest BCUT2D eigenvalue weighted by atomic mass is 10.1. The van der Waals surface area contributed by atoms with Crippen LogP contribution in [-0.4, -0.2) is 5.91 Å². The van der Waals surface area contributed by atoms with Crippen LogP contribution in [-0.2, 0) is 0 Å². The Hall–Kier alpha value is -1.58. The summed E-state index contributed by atoms with van der Waals surface area (Å²) in [5.74, 6) is -1.25. The van der Waals surface area contributed by atoms with Crippen molar-refractivity contribution < 1.29 is 9.18 Å². The van der Waals surface area contributed by atoms with Crippen LogP contribution in [0.5, 0.6) is 0 Å². The molecule has 0 aliphatic carbocycles. The highest BCUT2D eigenvalue weighted by atomic mass is 35.5. The predicted molar refractivity (Wildman–Crippen MR) is 75.6 cm³/mol. The molecule has 5 heteroatoms. The standard InChI is InChI=1S/C14H10Cl2FNO/c1-8-7-9(15)5-6-12(8)18-14(19)13-10(16)3-2-4-11(13)17/h2-7H,1H3,(H,18,19). The van der Waals surface area contributed by atoms with E-state index in [4.69, 9.17) is 23.2 Å². The van der Waals surface area contributed by atoms with Crippen LogP contribution < -0.4 is 5.32 Å². The predicted octanol–water partition coefficient (Wildman–Crippen LogP) is 4.69. The van der Waals surface area contributed by atoms with Gasteiger partial charge in [-0.25, -0.2) is 4.39 Å². The van der Waals surface area contributed by atoms with E-state index in [1.807, 2.05) is 0 Å². The van der Waals surface area contributed by atoms with Crippen molar-refractivity contribution in [3.8, 4) is 0 Å². The summed E-state index contributed by atoms with van der Waals surface area (Å²) < 4.78 is 13.6. The number of nitrogens with one attached hydrogen (secondary N) is 1. The summed E-state index contributed by atoms with van der Waals surface area (Å²) in [6.07, 6.45) is 0. The highest BCUT2D eigenvalue weighted by Crippen LogP contribution is 2.23. The monoisotopic (exact) mass is 297 g/mol. The van der Waals surface area contributed by atoms with Crippen molar-refractivity contribution in [2.45, 2.75) is 6.92 Å². The number of hydrogen-bond donors (Lipinski definition) is 1. The lowest BCUT2D eigenvalue weighted by Crippen LogP contribution is -2.15. The molecular formula is C14H10Cl2FNO. The van der Waals surface area contributed by atoms with E-state index >= 15 is 0 Å². The zero-order valence-electron chi connectivity index (χ0n) is 10.0. The van der Waals surface area contributed by atoms with Crippen molar-refractivity contribution in [1.82, 2.24) is 0 Å². The minimum atomic E-state index is -0.656. The molecule has 2 aromatic rings. The molecule has 19 heavy (non-hydrogen) atoms. The first-order valence-electron chi connectivity index (χ1n) is 5.50. The summed E-state index contributed by atoms with van der Waals surface area (Å²) in [4.78, 5) is 12.0. The molecule has 0 aliphatic rings. The topological polar surface area (TPSA) is 29.1 Å². The second-order valence-corrected chi connectivity index (χ2v) is 4.85. The number of amides is 1. The van der Waals surface area contributed by atoms with Gasteiger partial charge in [0.25, 0.3) is 5.91 Å². The molecule has 0 aliphatic heterocycles. The summed E-state index contributed by atoms with van der Waals surface area (Å²) in [5, 5.41) is 3.26. The molecule has 0 aromatic heterocycles. The van der Waals surface area contributed by atoms with Crippen LogP contribution in [0.25, 0.3) is 0 Å². The van der Waals surface area contributed by atoms with E-state index in [1.54, 1.807) is 25.1 Å². The van der Waals surface area contributed by atoms with Crippen molar-refractivity contribution in [1.29, 1.82) is 0 Å². The SMILES string of the molecule is Cc1cc(Cl)ccc1NC(=O)c1c(F)cccc1Cl. The zero-order valence-corrected chi connectivity index (χ0v) is 11.5. The smallest absolute Gasteiger partial charge is 0.260 e. The third-order valence-corrected chi connectivity index (χ3v) is 3.18. The van der Waals surface area contributed by atoms with Gasteiger partial charge in [0.05, 0.1) is 10.6 Å². The van der Waals surface area contributed by atoms with Gasteiger partial charge in [-0.05, 0) is 42.8 Å². The zero-order chi connectivity index (χ0) is 14.0. The van der Waals surface area contributed by atoms with E-state index in [0.29, 0.717) is 10.7 Å². The van der Waals surface area contributed by atoms with Crippen LogP contribution in [0.2, 0.25) is 10.0 Å². The van der Waals surface area contributed by atoms with Crippen molar-refractivity contribution in [3.63, 3.8) is 0 Å². The Morgan fingerprint density at radius 1 is 1.21 bits per heavy atom. The van der Waals surface area contributed by atoms with Gasteiger partial charge in [0.1, 0.15) is 5.82 Å². The molecule has 2 nitrogen and oxygen atoms in total. The van der Waals surface area contributed by atoms with Gasteiger partial charge < -0.3 is 5.32 Å². The Kier molecular flexibility index (Phi) is 4.08. The number of aryl methyl sites for hydroxylation is 1. The molecule has 0 unspecified atom stereocenters. The molecule has 1 N–H and O–H groups in total. The fraction of sp³-hybridized carbons (Fsp3) is 0.0714. The molecular weight excluding hydrogens is 288 g/mol. The van der Waals surface area contributed by atoms with Gasteiger partial charge in [0.15, 0.2) is 0 Å². The number of hydrogen-bond acceptors (Lipinski definition) is 1. The lowest BCUT2D eigenvalue weighted by molar-refractivity contribution is 0.102. The largest absolute Gasteiger partial charge is 0.322 e. The average molecular weight is 298 g/mol. The average Bonchev–Trinajstić information content (AvgIpc) is 2.32. The highest BCUT2D eigenvalue weighted by Gasteiger charge is 2.16. The number of benzene rings is 2. The molecule has 0 fully saturated rings. The van der Waals surface area contributed by atoms with Crippen molar-refractivity contribution in [2.75, 3.05) is 5.32 Å². The van der Waals surface area contributed by atoms with Crippen molar-refractivity contribution in [2.24, 2.45) is 0 Å². The molecule has 2 aromatic carbocycles. The van der Waals surface area contributed by atoms with Crippen LogP contribution in [0.3, 0.4) is 0 Å². The van der Waals surface area contributed by atoms with Gasteiger partial charge >= 0.3 is 0 Å². The van der Waals surface area contributed by atoms with Crippen LogP contribution in [0, 0.1) is 12.7 Å². The Morgan fingerprint density at radius 2 is 1.95 bits per heavy atom. The Bertz CT molecular complexity index is 623. The van der Waals surface area contributed by atoms with E-state index in [9.17, 15) is 9.18 Å². The molecule has 0 saturated carbocycles. The normalized spacial score (nSPS) is 10.3. The Labute approximate surface area is 120 Å². The summed E-state index contributed by atoms with van der Waals surface area (Å²) in [6, 6.07) is 9.11. The van der Waals surface area contributed by atoms with Crippen LogP contribution >= 0.6 is 23.2 Å². The minimum absolute atomic E-state index is 0.0733. The van der Waals surface area contributed by atoms with Gasteiger partial charge in [-0.3, -0.25) is 4.79 Å². The van der Waals surface area contributed by atoms with Crippen molar-refractivity contribution in [3.05, 3.63) is 63.4 Å². The van der Waals surface area contributed by atoms with Gasteiger partial charge in [0.2, 0.25) is 0 Å². The van der Waals surface area contributed by atoms with E-state index in [1.165, 1.54) is 18.2 Å². The second kappa shape index (κ2) is 5.59. The number of carbonyl (C=O) groups excluding carboxylic acids is 1. The fourth-order valence-electron chi connectivity index (χ4n) is 1.67. The lowest BCUT2D eigenvalue weighted by Gasteiger charge is -2.10. The summed E-state index contributed by atoms with van der Waals surface area (Å²) in [5.41, 5.74) is 1.18. The van der Waals surface area contributed by atoms with Gasteiger partial charge in [0, 0.05) is 10.7 Å². The summed E-state index contributed by atoms with van der Waals surface area (Å²) >= 11 is 11.7. The fourth-order valence-corrected chi connectivity index (χ4v) is 2.14. The Balaban J connectivity index is 2.31. The number of anilines is 1. The van der Waals surface area contributed by atoms with Gasteiger partial charge in [-0.15, -0.1) is 0 Å². The molecule has 1 amide bonds. The number of carbonyl (C=O) groups is 1. The maximum atomic E-state index is 13.6. The number of rotatable bonds is 2. The van der Waals surface area contributed by atoms with E-state index < -0.39 is 11.7 Å². The van der Waals surface area contributed by atoms with Crippen LogP contribution in [0.15, 0.2) is 36.4 Å². The summed E-state index contributed by atoms with van der Waals surface area (Å²) in [6.45, 7) is 1.80. The molecule has 0 radical (unpaired) electrons. The molecule has 0 spiro atoms. The minimum Gasteiger partial charge on any atom is -0.322 e. The van der Waals surface area contributed by atoms with Gasteiger partial charge in [-0.1, -0.05) is 29.3 Å². The maximum absolute atomic E-state index is 13.6. The van der Waals surface area contributed by atoms with E-state index in [2.05, 4.69) is 5.32 Å². The van der Waals surface area contributed by atoms with E-state index in [0.717, 1.165) is 5.56 Å². The van der Waals surface area contributed by atoms with Crippen LogP contribution in [0.1, 0.15) is 15.9 Å².